The molecule has 0 bridgehead atoms. The van der Waals surface area contributed by atoms with Crippen LogP contribution >= 0.6 is 11.6 Å². The van der Waals surface area contributed by atoms with Crippen LogP contribution in [0.5, 0.6) is 0 Å². The van der Waals surface area contributed by atoms with E-state index >= 15 is 0 Å². The van der Waals surface area contributed by atoms with Gasteiger partial charge in [0.2, 0.25) is 5.28 Å². The number of aryl methyl sites for hydroxylation is 1. The first-order chi connectivity index (χ1) is 6.27. The third-order valence-corrected chi connectivity index (χ3v) is 2.42. The van der Waals surface area contributed by atoms with Crippen molar-refractivity contribution in [2.45, 2.75) is 19.8 Å². The Labute approximate surface area is 82.1 Å². The van der Waals surface area contributed by atoms with E-state index in [1.54, 1.807) is 0 Å². The Balaban J connectivity index is 2.47. The van der Waals surface area contributed by atoms with Crippen molar-refractivity contribution in [2.75, 3.05) is 13.2 Å². The molecule has 0 saturated heterocycles. The van der Waals surface area contributed by atoms with Gasteiger partial charge >= 0.3 is 0 Å². The molecule has 2 heterocycles. The van der Waals surface area contributed by atoms with Crippen LogP contribution in [0.15, 0.2) is 0 Å². The van der Waals surface area contributed by atoms with Crippen LogP contribution < -0.4 is 0 Å². The van der Waals surface area contributed by atoms with Gasteiger partial charge in [-0.25, -0.2) is 9.97 Å². The van der Waals surface area contributed by atoms with E-state index in [9.17, 15) is 0 Å². The first-order valence-electron chi connectivity index (χ1n) is 4.37. The zero-order valence-corrected chi connectivity index (χ0v) is 8.26. The second kappa shape index (κ2) is 3.60. The Morgan fingerprint density at radius 2 is 2.00 bits per heavy atom. The van der Waals surface area contributed by atoms with Crippen molar-refractivity contribution >= 4 is 11.6 Å². The Kier molecular flexibility index (Phi) is 2.47. The first kappa shape index (κ1) is 8.91. The van der Waals surface area contributed by atoms with Gasteiger partial charge in [-0.3, -0.25) is 0 Å². The van der Waals surface area contributed by atoms with Crippen LogP contribution in [0.3, 0.4) is 0 Å². The second-order valence-corrected chi connectivity index (χ2v) is 3.45. The number of aromatic nitrogens is 2. The maximum Gasteiger partial charge on any atom is 0.222 e. The van der Waals surface area contributed by atoms with Gasteiger partial charge in [0.05, 0.1) is 18.9 Å². The van der Waals surface area contributed by atoms with Crippen LogP contribution in [0.1, 0.15) is 17.0 Å². The maximum absolute atomic E-state index is 5.77. The van der Waals surface area contributed by atoms with Crippen molar-refractivity contribution in [3.05, 3.63) is 22.2 Å². The Hall–Kier alpha value is -0.670. The number of ether oxygens (including phenoxy) is 1. The highest BCUT2D eigenvalue weighted by Crippen LogP contribution is 2.17. The van der Waals surface area contributed by atoms with E-state index in [4.69, 9.17) is 16.3 Å². The predicted molar refractivity (Wildman–Crippen MR) is 50.0 cm³/mol. The zero-order valence-electron chi connectivity index (χ0n) is 7.51. The molecule has 13 heavy (non-hydrogen) atoms. The molecule has 1 aliphatic rings. The van der Waals surface area contributed by atoms with E-state index in [0.29, 0.717) is 5.28 Å². The number of rotatable bonds is 0. The van der Waals surface area contributed by atoms with Crippen LogP contribution in [-0.2, 0) is 17.6 Å². The molecule has 0 aliphatic carbocycles. The number of fused-ring (bicyclic) bond motifs is 1. The van der Waals surface area contributed by atoms with Crippen LogP contribution in [0, 0.1) is 6.92 Å². The van der Waals surface area contributed by atoms with Gasteiger partial charge in [-0.15, -0.1) is 0 Å². The molecule has 0 spiro atoms. The number of hydrogen-bond acceptors (Lipinski definition) is 3. The standard InChI is InChI=1S/C9H11ClN2O/c1-6-7-2-4-13-5-3-8(7)12-9(10)11-6/h2-5H2,1H3. The molecule has 0 amide bonds. The minimum Gasteiger partial charge on any atom is -0.381 e. The van der Waals surface area contributed by atoms with Crippen molar-refractivity contribution in [2.24, 2.45) is 0 Å². The highest BCUT2D eigenvalue weighted by atomic mass is 35.5. The Morgan fingerprint density at radius 3 is 2.85 bits per heavy atom. The van der Waals surface area contributed by atoms with E-state index in [1.807, 2.05) is 6.92 Å². The van der Waals surface area contributed by atoms with Crippen molar-refractivity contribution in [3.63, 3.8) is 0 Å². The lowest BCUT2D eigenvalue weighted by Gasteiger charge is -2.06. The van der Waals surface area contributed by atoms with Gasteiger partial charge in [0.15, 0.2) is 0 Å². The summed E-state index contributed by atoms with van der Waals surface area (Å²) in [5.74, 6) is 0. The summed E-state index contributed by atoms with van der Waals surface area (Å²) in [7, 11) is 0. The normalized spacial score (nSPS) is 16.5. The fraction of sp³-hybridized carbons (Fsp3) is 0.556. The summed E-state index contributed by atoms with van der Waals surface area (Å²) in [6.07, 6.45) is 1.75. The van der Waals surface area contributed by atoms with Crippen LogP contribution in [0.2, 0.25) is 5.28 Å². The molecule has 0 unspecified atom stereocenters. The van der Waals surface area contributed by atoms with Gasteiger partial charge in [0.1, 0.15) is 0 Å². The second-order valence-electron chi connectivity index (χ2n) is 3.12. The number of halogens is 1. The summed E-state index contributed by atoms with van der Waals surface area (Å²) in [5.41, 5.74) is 3.25. The third-order valence-electron chi connectivity index (χ3n) is 2.25. The van der Waals surface area contributed by atoms with E-state index < -0.39 is 0 Å². The first-order valence-corrected chi connectivity index (χ1v) is 4.75. The molecule has 1 aliphatic heterocycles. The lowest BCUT2D eigenvalue weighted by atomic mass is 10.1. The number of hydrogen-bond donors (Lipinski definition) is 0. The average Bonchev–Trinajstić information content (AvgIpc) is 2.28. The van der Waals surface area contributed by atoms with E-state index in [1.165, 1.54) is 5.56 Å². The summed E-state index contributed by atoms with van der Waals surface area (Å²) in [6.45, 7) is 3.47. The molecular weight excluding hydrogens is 188 g/mol. The summed E-state index contributed by atoms with van der Waals surface area (Å²) >= 11 is 5.77. The van der Waals surface area contributed by atoms with Crippen molar-refractivity contribution in [1.29, 1.82) is 0 Å². The smallest absolute Gasteiger partial charge is 0.222 e. The minimum atomic E-state index is 0.346. The minimum absolute atomic E-state index is 0.346. The molecule has 0 radical (unpaired) electrons. The molecule has 4 heteroatoms. The molecule has 3 nitrogen and oxygen atoms in total. The van der Waals surface area contributed by atoms with Crippen LogP contribution in [0.4, 0.5) is 0 Å². The lowest BCUT2D eigenvalue weighted by Crippen LogP contribution is -2.03. The van der Waals surface area contributed by atoms with Crippen molar-refractivity contribution < 1.29 is 4.74 Å². The largest absolute Gasteiger partial charge is 0.381 e. The fourth-order valence-corrected chi connectivity index (χ4v) is 1.82. The quantitative estimate of drug-likeness (QED) is 0.594. The van der Waals surface area contributed by atoms with Gasteiger partial charge < -0.3 is 4.74 Å². The Morgan fingerprint density at radius 1 is 1.23 bits per heavy atom. The van der Waals surface area contributed by atoms with Gasteiger partial charge in [0, 0.05) is 12.1 Å². The average molecular weight is 199 g/mol. The Bertz CT molecular complexity index is 328. The third kappa shape index (κ3) is 1.81. The molecule has 1 aromatic heterocycles. The van der Waals surface area contributed by atoms with Crippen LogP contribution in [-0.4, -0.2) is 23.2 Å². The lowest BCUT2D eigenvalue weighted by molar-refractivity contribution is 0.146. The predicted octanol–water partition coefficient (Wildman–Crippen LogP) is 1.55. The zero-order chi connectivity index (χ0) is 9.26. The molecule has 70 valence electrons. The van der Waals surface area contributed by atoms with Gasteiger partial charge in [-0.05, 0) is 30.5 Å². The molecule has 0 saturated carbocycles. The van der Waals surface area contributed by atoms with Gasteiger partial charge in [0.25, 0.3) is 0 Å². The molecule has 0 fully saturated rings. The van der Waals surface area contributed by atoms with E-state index in [2.05, 4.69) is 9.97 Å². The molecule has 0 aromatic carbocycles. The molecular formula is C9H11ClN2O. The summed E-state index contributed by atoms with van der Waals surface area (Å²) < 4.78 is 5.36. The van der Waals surface area contributed by atoms with Crippen molar-refractivity contribution in [3.8, 4) is 0 Å². The fourth-order valence-electron chi connectivity index (χ4n) is 1.60. The maximum atomic E-state index is 5.77. The van der Waals surface area contributed by atoms with E-state index in [-0.39, 0.29) is 0 Å². The summed E-state index contributed by atoms with van der Waals surface area (Å²) in [4.78, 5) is 8.34. The van der Waals surface area contributed by atoms with Gasteiger partial charge in [-0.2, -0.15) is 0 Å². The molecule has 0 N–H and O–H groups in total. The topological polar surface area (TPSA) is 35.0 Å². The molecule has 0 atom stereocenters. The van der Waals surface area contributed by atoms with Crippen LogP contribution in [0.25, 0.3) is 0 Å². The van der Waals surface area contributed by atoms with E-state index in [0.717, 1.165) is 37.4 Å². The SMILES string of the molecule is Cc1nc(Cl)nc2c1CCOCC2. The molecule has 1 aromatic rings. The number of nitrogens with zero attached hydrogens (tertiary/aromatic N) is 2. The summed E-state index contributed by atoms with van der Waals surface area (Å²) in [5, 5.41) is 0.346. The van der Waals surface area contributed by atoms with Gasteiger partial charge in [-0.1, -0.05) is 0 Å². The van der Waals surface area contributed by atoms with Crippen molar-refractivity contribution in [1.82, 2.24) is 9.97 Å². The highest BCUT2D eigenvalue weighted by molar-refractivity contribution is 6.28. The summed E-state index contributed by atoms with van der Waals surface area (Å²) in [6, 6.07) is 0. The molecule has 2 rings (SSSR count). The monoisotopic (exact) mass is 198 g/mol. The highest BCUT2D eigenvalue weighted by Gasteiger charge is 2.13.